The van der Waals surface area contributed by atoms with Gasteiger partial charge in [0.15, 0.2) is 11.6 Å². The van der Waals surface area contributed by atoms with Gasteiger partial charge >= 0.3 is 0 Å². The second-order valence-electron chi connectivity index (χ2n) is 7.61. The largest absolute Gasteiger partial charge is 0.204 e. The summed E-state index contributed by atoms with van der Waals surface area (Å²) >= 11 is 4.44. The number of benzene rings is 3. The number of rotatable bonds is 5. The van der Waals surface area contributed by atoms with Crippen molar-refractivity contribution < 1.29 is 8.78 Å². The highest BCUT2D eigenvalue weighted by molar-refractivity contribution is 7.78. The maximum Gasteiger partial charge on any atom is 0.153 e. The predicted molar refractivity (Wildman–Crippen MR) is 135 cm³/mol. The van der Waals surface area contributed by atoms with Crippen molar-refractivity contribution in [1.29, 1.82) is 0 Å². The lowest BCUT2D eigenvalue weighted by atomic mass is 9.98. The molecule has 3 rings (SSSR count). The Balaban J connectivity index is 1.75. The molecule has 0 heterocycles. The molecule has 0 unspecified atom stereocenters. The molecule has 1 nitrogen and oxygen atoms in total. The van der Waals surface area contributed by atoms with Crippen molar-refractivity contribution in [1.82, 2.24) is 0 Å². The van der Waals surface area contributed by atoms with Crippen LogP contribution in [0, 0.1) is 42.2 Å². The molecule has 0 aliphatic heterocycles. The number of halogens is 2. The summed E-state index contributed by atoms with van der Waals surface area (Å²) in [4.78, 5) is 3.45. The molecule has 0 N–H and O–H groups in total. The summed E-state index contributed by atoms with van der Waals surface area (Å²) in [5, 5.41) is 2.00. The highest BCUT2D eigenvalue weighted by atomic mass is 32.1. The van der Waals surface area contributed by atoms with Gasteiger partial charge in [-0.3, -0.25) is 0 Å². The quantitative estimate of drug-likeness (QED) is 0.164. The van der Waals surface area contributed by atoms with E-state index in [-0.39, 0.29) is 0 Å². The fourth-order valence-corrected chi connectivity index (χ4v) is 3.44. The van der Waals surface area contributed by atoms with Crippen LogP contribution in [-0.4, -0.2) is 5.16 Å². The van der Waals surface area contributed by atoms with Gasteiger partial charge in [-0.1, -0.05) is 49.5 Å². The number of isothiocyanates is 1. The number of aryl methyl sites for hydroxylation is 1. The standard InChI is InChI=1S/C29H23F2NS/c1-3-4-5-6-7-8-22-9-11-23(12-10-22)13-14-24-15-16-26(21(2)17-24)25-18-27(30)29(32-20-33)28(31)19-25/h9-12,15-19H,3-6H2,1-2H3. The van der Waals surface area contributed by atoms with E-state index in [1.807, 2.05) is 54.5 Å². The molecule has 0 saturated heterocycles. The first kappa shape index (κ1) is 24.1. The van der Waals surface area contributed by atoms with E-state index in [0.29, 0.717) is 5.56 Å². The van der Waals surface area contributed by atoms with E-state index in [4.69, 9.17) is 0 Å². The lowest BCUT2D eigenvalue weighted by Crippen LogP contribution is -1.90. The molecule has 0 radical (unpaired) electrons. The average Bonchev–Trinajstić information content (AvgIpc) is 2.80. The van der Waals surface area contributed by atoms with E-state index in [2.05, 4.69) is 47.8 Å². The number of thiocarbonyl (C=S) groups is 1. The Hall–Kier alpha value is -3.56. The Bertz CT molecular complexity index is 1290. The summed E-state index contributed by atoms with van der Waals surface area (Å²) in [6, 6.07) is 15.9. The molecule has 3 aromatic rings. The molecule has 3 aromatic carbocycles. The number of nitrogens with zero attached hydrogens (tertiary/aromatic N) is 1. The van der Waals surface area contributed by atoms with E-state index < -0.39 is 17.3 Å². The number of hydrogen-bond acceptors (Lipinski definition) is 2. The Labute approximate surface area is 199 Å². The van der Waals surface area contributed by atoms with Gasteiger partial charge in [0.05, 0.1) is 5.16 Å². The molecule has 0 atom stereocenters. The molecule has 164 valence electrons. The van der Waals surface area contributed by atoms with Crippen molar-refractivity contribution in [2.24, 2.45) is 4.99 Å². The molecule has 0 bridgehead atoms. The summed E-state index contributed by atoms with van der Waals surface area (Å²) in [6.07, 6.45) is 4.48. The van der Waals surface area contributed by atoms with E-state index >= 15 is 0 Å². The molecule has 0 saturated carbocycles. The van der Waals surface area contributed by atoms with Crippen molar-refractivity contribution in [3.8, 4) is 34.8 Å². The predicted octanol–water partition coefficient (Wildman–Crippen LogP) is 8.01. The number of aliphatic imine (C=N–C) groups is 1. The minimum absolute atomic E-state index is 0.428. The lowest BCUT2D eigenvalue weighted by Gasteiger charge is -2.08. The highest BCUT2D eigenvalue weighted by Gasteiger charge is 2.12. The molecule has 0 amide bonds. The summed E-state index contributed by atoms with van der Waals surface area (Å²) in [6.45, 7) is 4.07. The Morgan fingerprint density at radius 2 is 1.42 bits per heavy atom. The van der Waals surface area contributed by atoms with Gasteiger partial charge < -0.3 is 0 Å². The maximum absolute atomic E-state index is 14.2. The first-order valence-corrected chi connectivity index (χ1v) is 11.2. The van der Waals surface area contributed by atoms with Crippen LogP contribution >= 0.6 is 12.2 Å². The van der Waals surface area contributed by atoms with E-state index in [1.165, 1.54) is 25.0 Å². The fraction of sp³-hybridized carbons (Fsp3) is 0.207. The van der Waals surface area contributed by atoms with Crippen LogP contribution in [-0.2, 0) is 0 Å². The Kier molecular flexibility index (Phi) is 8.68. The lowest BCUT2D eigenvalue weighted by molar-refractivity contribution is 0.588. The van der Waals surface area contributed by atoms with Crippen LogP contribution in [0.25, 0.3) is 11.1 Å². The van der Waals surface area contributed by atoms with E-state index in [0.717, 1.165) is 40.7 Å². The van der Waals surface area contributed by atoms with Crippen LogP contribution in [0.15, 0.2) is 59.6 Å². The van der Waals surface area contributed by atoms with Crippen LogP contribution in [0.3, 0.4) is 0 Å². The zero-order valence-electron chi connectivity index (χ0n) is 18.6. The topological polar surface area (TPSA) is 12.4 Å². The van der Waals surface area contributed by atoms with Crippen LogP contribution in [0.5, 0.6) is 0 Å². The van der Waals surface area contributed by atoms with Gasteiger partial charge in [0.2, 0.25) is 0 Å². The molecule has 0 spiro atoms. The van der Waals surface area contributed by atoms with Crippen molar-refractivity contribution in [2.45, 2.75) is 39.5 Å². The van der Waals surface area contributed by atoms with Crippen LogP contribution < -0.4 is 0 Å². The van der Waals surface area contributed by atoms with Crippen molar-refractivity contribution in [2.75, 3.05) is 0 Å². The van der Waals surface area contributed by atoms with E-state index in [1.54, 1.807) is 0 Å². The summed E-state index contributed by atoms with van der Waals surface area (Å²) in [5.41, 5.74) is 4.28. The molecule has 33 heavy (non-hydrogen) atoms. The van der Waals surface area contributed by atoms with Crippen LogP contribution in [0.1, 0.15) is 54.9 Å². The van der Waals surface area contributed by atoms with Crippen molar-refractivity contribution in [3.05, 3.63) is 88.5 Å². The molecule has 0 fully saturated rings. The Morgan fingerprint density at radius 3 is 2.03 bits per heavy atom. The van der Waals surface area contributed by atoms with Gasteiger partial charge in [0.25, 0.3) is 0 Å². The molecule has 4 heteroatoms. The van der Waals surface area contributed by atoms with Gasteiger partial charge in [0.1, 0.15) is 5.69 Å². The van der Waals surface area contributed by atoms with Crippen molar-refractivity contribution in [3.63, 3.8) is 0 Å². The second kappa shape index (κ2) is 11.9. The van der Waals surface area contributed by atoms with Crippen molar-refractivity contribution >= 4 is 23.1 Å². The normalized spacial score (nSPS) is 9.82. The smallest absolute Gasteiger partial charge is 0.153 e. The summed E-state index contributed by atoms with van der Waals surface area (Å²) in [7, 11) is 0. The molecular formula is C29H23F2NS. The monoisotopic (exact) mass is 455 g/mol. The van der Waals surface area contributed by atoms with Gasteiger partial charge in [0, 0.05) is 23.1 Å². The minimum Gasteiger partial charge on any atom is -0.204 e. The molecule has 0 aliphatic carbocycles. The third-order valence-corrected chi connectivity index (χ3v) is 5.18. The third-order valence-electron chi connectivity index (χ3n) is 5.09. The third kappa shape index (κ3) is 6.71. The van der Waals surface area contributed by atoms with Gasteiger partial charge in [-0.15, -0.1) is 0 Å². The molecule has 0 aromatic heterocycles. The fourth-order valence-electron chi connectivity index (χ4n) is 3.35. The van der Waals surface area contributed by atoms with Gasteiger partial charge in [-0.05, 0) is 90.8 Å². The Morgan fingerprint density at radius 1 is 0.818 bits per heavy atom. The summed E-state index contributed by atoms with van der Waals surface area (Å²) in [5.74, 6) is 11.1. The van der Waals surface area contributed by atoms with Crippen LogP contribution in [0.2, 0.25) is 0 Å². The SMILES string of the molecule is CCCCCC#Cc1ccc(C#Cc2ccc(-c3cc(F)c(N=C=S)c(F)c3)c(C)c2)cc1. The summed E-state index contributed by atoms with van der Waals surface area (Å²) < 4.78 is 28.4. The zero-order valence-corrected chi connectivity index (χ0v) is 19.5. The second-order valence-corrected chi connectivity index (χ2v) is 7.79. The average molecular weight is 456 g/mol. The maximum atomic E-state index is 14.2. The first-order valence-electron chi connectivity index (χ1n) is 10.8. The number of hydrogen-bond donors (Lipinski definition) is 0. The van der Waals surface area contributed by atoms with Gasteiger partial charge in [-0.2, -0.15) is 4.99 Å². The minimum atomic E-state index is -0.778. The van der Waals surface area contributed by atoms with E-state index in [9.17, 15) is 8.78 Å². The molecular weight excluding hydrogens is 432 g/mol. The zero-order chi connectivity index (χ0) is 23.6. The number of unbranched alkanes of at least 4 members (excludes halogenated alkanes) is 3. The highest BCUT2D eigenvalue weighted by Crippen LogP contribution is 2.31. The van der Waals surface area contributed by atoms with Crippen LogP contribution in [0.4, 0.5) is 14.5 Å². The van der Waals surface area contributed by atoms with Gasteiger partial charge in [-0.25, -0.2) is 8.78 Å². The first-order chi connectivity index (χ1) is 16.0. The molecule has 0 aliphatic rings.